The average molecular weight is 829 g/mol. The van der Waals surface area contributed by atoms with Crippen molar-refractivity contribution in [3.63, 3.8) is 0 Å². The topological polar surface area (TPSA) is 43.4 Å². The number of ether oxygens (including phenoxy) is 1. The second-order valence-corrected chi connectivity index (χ2v) is 26.3. The minimum atomic E-state index is -3.50. The molecule has 3 fully saturated rings. The molecule has 0 N–H and O–H groups in total. The van der Waals surface area contributed by atoms with Crippen LogP contribution in [0.15, 0.2) is 133 Å². The minimum Gasteiger partial charge on any atom is -0.378 e. The Labute approximate surface area is 357 Å². The Morgan fingerprint density at radius 2 is 1.15 bits per heavy atom. The van der Waals surface area contributed by atoms with Gasteiger partial charge in [0.1, 0.15) is 0 Å². The van der Waals surface area contributed by atoms with Crippen LogP contribution in [0.5, 0.6) is 0 Å². The molecule has 0 heterocycles. The van der Waals surface area contributed by atoms with Crippen LogP contribution in [-0.4, -0.2) is 18.1 Å². The molecule has 59 heavy (non-hydrogen) atoms. The van der Waals surface area contributed by atoms with E-state index < -0.39 is 19.7 Å². The maximum Gasteiger partial charge on any atom is 0.153 e. The van der Waals surface area contributed by atoms with Crippen LogP contribution in [0.25, 0.3) is 0 Å². The highest BCUT2D eigenvalue weighted by Crippen LogP contribution is 2.69. The number of benzene rings is 4. The first-order valence-corrected chi connectivity index (χ1v) is 26.8. The maximum absolute atomic E-state index is 16.3. The molecule has 0 amide bonds. The monoisotopic (exact) mass is 828 g/mol. The number of fused-ring (bicyclic) bond motifs is 5. The first-order chi connectivity index (χ1) is 28.5. The normalized spacial score (nSPS) is 28.7. The molecule has 4 aromatic carbocycles. The lowest BCUT2D eigenvalue weighted by Gasteiger charge is -2.58. The number of hydrogen-bond acceptors (Lipinski definition) is 3. The predicted molar refractivity (Wildman–Crippen MR) is 251 cm³/mol. The lowest BCUT2D eigenvalue weighted by Crippen LogP contribution is -2.51. The SMILES string of the molecule is CC(C)CCC[C@@H](C)C1CC[C@H]2[C@@H]3CC=C4C[C@@H](OCCC(P(=O)(c5ccccc5)c5ccccc5)P(=O)(c5ccccc5)c5ccccc5)CC[C@]4(C)[C@H]3CC[C@]12C. The smallest absolute Gasteiger partial charge is 0.153 e. The molecule has 3 nitrogen and oxygen atoms in total. The Morgan fingerprint density at radius 1 is 0.627 bits per heavy atom. The summed E-state index contributed by atoms with van der Waals surface area (Å²) in [6, 6.07) is 39.4. The van der Waals surface area contributed by atoms with E-state index in [1.807, 2.05) is 121 Å². The lowest BCUT2D eigenvalue weighted by atomic mass is 9.47. The average Bonchev–Trinajstić information content (AvgIpc) is 3.63. The summed E-state index contributed by atoms with van der Waals surface area (Å²) in [5.41, 5.74) is 2.37. The van der Waals surface area contributed by atoms with Gasteiger partial charge < -0.3 is 13.9 Å². The van der Waals surface area contributed by atoms with Gasteiger partial charge in [0.2, 0.25) is 0 Å². The highest BCUT2D eigenvalue weighted by Gasteiger charge is 2.59. The molecule has 3 saturated carbocycles. The molecule has 1 unspecified atom stereocenters. The fourth-order valence-electron chi connectivity index (χ4n) is 13.3. The van der Waals surface area contributed by atoms with E-state index in [1.54, 1.807) is 5.57 Å². The molecule has 0 bridgehead atoms. The summed E-state index contributed by atoms with van der Waals surface area (Å²) in [5.74, 6) is 4.96. The van der Waals surface area contributed by atoms with E-state index in [2.05, 4.69) is 40.7 Å². The summed E-state index contributed by atoms with van der Waals surface area (Å²) in [6.07, 6.45) is 17.4. The minimum absolute atomic E-state index is 0.114. The molecule has 4 aliphatic rings. The lowest BCUT2D eigenvalue weighted by molar-refractivity contribution is -0.0639. The van der Waals surface area contributed by atoms with Crippen molar-refractivity contribution in [1.82, 2.24) is 0 Å². The van der Waals surface area contributed by atoms with Crippen LogP contribution in [0.4, 0.5) is 0 Å². The zero-order valence-electron chi connectivity index (χ0n) is 36.6. The maximum atomic E-state index is 16.3. The van der Waals surface area contributed by atoms with Crippen molar-refractivity contribution in [2.45, 2.75) is 123 Å². The second-order valence-electron chi connectivity index (χ2n) is 20.0. The van der Waals surface area contributed by atoms with Gasteiger partial charge >= 0.3 is 0 Å². The standard InChI is InChI=1S/C54H70O3P2/c1-40(2)19-18-20-41(3)49-31-32-50-48-30-29-42-39-43(33-36-53(42,4)51(48)34-37-54(49,50)5)57-38-35-52(58(55,44-21-10-6-11-22-44)45-23-12-7-13-24-45)59(56,46-25-14-8-15-26-46)47-27-16-9-17-28-47/h6-17,21-29,40-41,43,48-52H,18-20,30-39H2,1-5H3/t41-,43+,48+,49?,50+,51+,53+,54-/m1/s1. The van der Waals surface area contributed by atoms with E-state index in [0.29, 0.717) is 18.4 Å². The Balaban J connectivity index is 1.04. The van der Waals surface area contributed by atoms with E-state index in [-0.39, 0.29) is 11.5 Å². The van der Waals surface area contributed by atoms with E-state index in [4.69, 9.17) is 4.74 Å². The van der Waals surface area contributed by atoms with Gasteiger partial charge in [-0.1, -0.05) is 187 Å². The van der Waals surface area contributed by atoms with Crippen LogP contribution in [-0.2, 0) is 13.9 Å². The number of hydrogen-bond donors (Lipinski definition) is 0. The molecule has 4 aliphatic carbocycles. The second kappa shape index (κ2) is 17.8. The Hall–Kier alpha value is -2.96. The van der Waals surface area contributed by atoms with Crippen molar-refractivity contribution >= 4 is 35.5 Å². The molecule has 4 aromatic rings. The molecule has 0 radical (unpaired) electrons. The van der Waals surface area contributed by atoms with Crippen molar-refractivity contribution in [3.05, 3.63) is 133 Å². The fraction of sp³-hybridized carbons (Fsp3) is 0.519. The fourth-order valence-corrected chi connectivity index (χ4v) is 22.1. The van der Waals surface area contributed by atoms with Crippen molar-refractivity contribution in [1.29, 1.82) is 0 Å². The van der Waals surface area contributed by atoms with E-state index in [9.17, 15) is 0 Å². The summed E-state index contributed by atoms with van der Waals surface area (Å²) in [7, 11) is -6.99. The highest BCUT2D eigenvalue weighted by molar-refractivity contribution is 7.95. The predicted octanol–water partition coefficient (Wildman–Crippen LogP) is 13.2. The third kappa shape index (κ3) is 8.01. The van der Waals surface area contributed by atoms with Gasteiger partial charge in [-0.05, 0) is 104 Å². The van der Waals surface area contributed by atoms with Crippen LogP contribution in [0.3, 0.4) is 0 Å². The summed E-state index contributed by atoms with van der Waals surface area (Å²) in [5, 5.41) is 2.30. The molecule has 0 saturated heterocycles. The summed E-state index contributed by atoms with van der Waals surface area (Å²) < 4.78 is 39.7. The number of allylic oxidation sites excluding steroid dienone is 1. The molecule has 0 spiro atoms. The van der Waals surface area contributed by atoms with Crippen LogP contribution >= 0.6 is 14.3 Å². The van der Waals surface area contributed by atoms with Crippen LogP contribution in [0.1, 0.15) is 112 Å². The summed E-state index contributed by atoms with van der Waals surface area (Å²) in [4.78, 5) is 0. The molecular formula is C54H70O3P2. The van der Waals surface area contributed by atoms with Gasteiger partial charge in [0.15, 0.2) is 14.3 Å². The van der Waals surface area contributed by atoms with Crippen LogP contribution in [0, 0.1) is 46.3 Å². The first kappa shape index (κ1) is 42.7. The van der Waals surface area contributed by atoms with E-state index in [0.717, 1.165) is 69.6 Å². The Kier molecular flexibility index (Phi) is 12.9. The van der Waals surface area contributed by atoms with Gasteiger partial charge in [0, 0.05) is 27.8 Å². The highest BCUT2D eigenvalue weighted by atomic mass is 31.2. The van der Waals surface area contributed by atoms with Crippen LogP contribution in [0.2, 0.25) is 0 Å². The van der Waals surface area contributed by atoms with Gasteiger partial charge in [0.05, 0.1) is 11.5 Å². The van der Waals surface area contributed by atoms with E-state index in [1.165, 1.54) is 57.8 Å². The summed E-state index contributed by atoms with van der Waals surface area (Å²) in [6.45, 7) is 13.0. The largest absolute Gasteiger partial charge is 0.378 e. The van der Waals surface area contributed by atoms with Gasteiger partial charge in [-0.3, -0.25) is 0 Å². The van der Waals surface area contributed by atoms with Crippen molar-refractivity contribution < 1.29 is 13.9 Å². The van der Waals surface area contributed by atoms with E-state index >= 15 is 9.13 Å². The molecular weight excluding hydrogens is 759 g/mol. The Morgan fingerprint density at radius 3 is 1.66 bits per heavy atom. The van der Waals surface area contributed by atoms with Crippen LogP contribution < -0.4 is 21.2 Å². The van der Waals surface area contributed by atoms with Gasteiger partial charge in [-0.2, -0.15) is 0 Å². The zero-order valence-corrected chi connectivity index (χ0v) is 38.3. The Bertz CT molecular complexity index is 1930. The third-order valence-electron chi connectivity index (χ3n) is 16.4. The van der Waals surface area contributed by atoms with Crippen molar-refractivity contribution in [3.8, 4) is 0 Å². The van der Waals surface area contributed by atoms with Crippen molar-refractivity contribution in [2.75, 3.05) is 6.61 Å². The molecule has 0 aromatic heterocycles. The quantitative estimate of drug-likeness (QED) is 0.0885. The zero-order chi connectivity index (χ0) is 41.3. The summed E-state index contributed by atoms with van der Waals surface area (Å²) >= 11 is 0. The molecule has 8 atom stereocenters. The van der Waals surface area contributed by atoms with Gasteiger partial charge in [0.25, 0.3) is 0 Å². The molecule has 0 aliphatic heterocycles. The third-order valence-corrected chi connectivity index (χ3v) is 24.8. The molecule has 314 valence electrons. The first-order valence-electron chi connectivity index (χ1n) is 23.2. The van der Waals surface area contributed by atoms with Crippen molar-refractivity contribution in [2.24, 2.45) is 46.3 Å². The number of rotatable bonds is 15. The van der Waals surface area contributed by atoms with Gasteiger partial charge in [-0.15, -0.1) is 0 Å². The molecule has 5 heteroatoms. The molecule has 8 rings (SSSR count). The van der Waals surface area contributed by atoms with Gasteiger partial charge in [-0.25, -0.2) is 0 Å².